The molecule has 0 radical (unpaired) electrons. The molecular formula is C22H23FN6O. The minimum atomic E-state index is -0.501. The van der Waals surface area contributed by atoms with E-state index in [-0.39, 0.29) is 28.8 Å². The smallest absolute Gasteiger partial charge is 0.278 e. The zero-order valence-electron chi connectivity index (χ0n) is 16.4. The number of hydrogen-bond donors (Lipinski definition) is 3. The molecule has 5 N–H and O–H groups in total. The lowest BCUT2D eigenvalue weighted by Crippen LogP contribution is -2.40. The van der Waals surface area contributed by atoms with Gasteiger partial charge in [-0.1, -0.05) is 24.3 Å². The molecular weight excluding hydrogens is 383 g/mol. The van der Waals surface area contributed by atoms with Crippen LogP contribution >= 0.6 is 0 Å². The van der Waals surface area contributed by atoms with Gasteiger partial charge >= 0.3 is 0 Å². The van der Waals surface area contributed by atoms with Gasteiger partial charge in [-0.2, -0.15) is 0 Å². The fraction of sp³-hybridized carbons (Fsp3) is 0.227. The van der Waals surface area contributed by atoms with Crippen molar-refractivity contribution >= 4 is 23.1 Å². The fourth-order valence-corrected chi connectivity index (χ4v) is 3.54. The minimum Gasteiger partial charge on any atom is -0.382 e. The molecule has 2 heterocycles. The van der Waals surface area contributed by atoms with Crippen LogP contribution in [0.25, 0.3) is 11.3 Å². The Labute approximate surface area is 173 Å². The van der Waals surface area contributed by atoms with Gasteiger partial charge in [-0.25, -0.2) is 14.4 Å². The van der Waals surface area contributed by atoms with E-state index in [4.69, 9.17) is 11.5 Å². The molecule has 0 atom stereocenters. The first-order valence-corrected chi connectivity index (χ1v) is 9.81. The molecule has 0 aliphatic carbocycles. The molecule has 1 aliphatic rings. The van der Waals surface area contributed by atoms with Gasteiger partial charge in [0.05, 0.1) is 23.3 Å². The molecule has 1 amide bonds. The lowest BCUT2D eigenvalue weighted by atomic mass is 10.0. The quantitative estimate of drug-likeness (QED) is 0.614. The highest BCUT2D eigenvalue weighted by molar-refractivity contribution is 6.07. The lowest BCUT2D eigenvalue weighted by Gasteiger charge is -2.33. The number of halogens is 1. The Kier molecular flexibility index (Phi) is 5.58. The molecule has 0 saturated carbocycles. The molecule has 8 heteroatoms. The maximum atomic E-state index is 14.1. The number of anilines is 3. The number of hydrogen-bond acceptors (Lipinski definition) is 6. The van der Waals surface area contributed by atoms with Gasteiger partial charge in [0.2, 0.25) is 0 Å². The topological polar surface area (TPSA) is 110 Å². The Morgan fingerprint density at radius 3 is 2.57 bits per heavy atom. The molecule has 0 bridgehead atoms. The van der Waals surface area contributed by atoms with Crippen molar-refractivity contribution in [3.8, 4) is 11.3 Å². The monoisotopic (exact) mass is 406 g/mol. The van der Waals surface area contributed by atoms with E-state index in [0.29, 0.717) is 5.69 Å². The third-order valence-electron chi connectivity index (χ3n) is 5.20. The predicted octanol–water partition coefficient (Wildman–Crippen LogP) is 3.04. The van der Waals surface area contributed by atoms with Gasteiger partial charge in [-0.3, -0.25) is 4.79 Å². The predicted molar refractivity (Wildman–Crippen MR) is 116 cm³/mol. The molecule has 30 heavy (non-hydrogen) atoms. The number of nitrogens with one attached hydrogen (secondary N) is 1. The van der Waals surface area contributed by atoms with E-state index in [1.807, 2.05) is 24.3 Å². The first kappa shape index (κ1) is 19.8. The van der Waals surface area contributed by atoms with Crippen LogP contribution in [0.4, 0.5) is 21.6 Å². The van der Waals surface area contributed by atoms with Gasteiger partial charge in [-0.05, 0) is 37.1 Å². The standard InChI is InChI=1S/C22H23FN6O/c23-16-6-2-1-5-15(16)18-13-26-21(25)20(27-18)22(30)28-17-7-3-4-8-19(17)29-11-9-14(24)10-12-29/h1-8,13-14H,9-12,24H2,(H2,25,26)(H,28,30). The van der Waals surface area contributed by atoms with Crippen LogP contribution in [0.15, 0.2) is 54.7 Å². The van der Waals surface area contributed by atoms with Crippen LogP contribution in [0, 0.1) is 5.82 Å². The number of rotatable bonds is 4. The Hall–Kier alpha value is -3.52. The average molecular weight is 406 g/mol. The average Bonchev–Trinajstić information content (AvgIpc) is 2.76. The molecule has 0 unspecified atom stereocenters. The number of amides is 1. The summed E-state index contributed by atoms with van der Waals surface area (Å²) in [5.41, 5.74) is 13.9. The van der Waals surface area contributed by atoms with Crippen molar-refractivity contribution in [1.82, 2.24) is 9.97 Å². The summed E-state index contributed by atoms with van der Waals surface area (Å²) in [6, 6.07) is 13.9. The number of nitrogens with two attached hydrogens (primary N) is 2. The second-order valence-corrected chi connectivity index (χ2v) is 7.26. The highest BCUT2D eigenvalue weighted by atomic mass is 19.1. The van der Waals surface area contributed by atoms with E-state index < -0.39 is 11.7 Å². The number of carbonyl (C=O) groups excluding carboxylic acids is 1. The van der Waals surface area contributed by atoms with E-state index in [2.05, 4.69) is 20.2 Å². The second-order valence-electron chi connectivity index (χ2n) is 7.26. The summed E-state index contributed by atoms with van der Waals surface area (Å²) in [4.78, 5) is 23.5. The van der Waals surface area contributed by atoms with Gasteiger partial charge in [0, 0.05) is 24.7 Å². The summed E-state index contributed by atoms with van der Waals surface area (Å²) >= 11 is 0. The van der Waals surface area contributed by atoms with Gasteiger partial charge in [0.1, 0.15) is 5.82 Å². The van der Waals surface area contributed by atoms with E-state index in [1.54, 1.807) is 18.2 Å². The summed E-state index contributed by atoms with van der Waals surface area (Å²) in [5, 5.41) is 2.88. The summed E-state index contributed by atoms with van der Waals surface area (Å²) < 4.78 is 14.1. The van der Waals surface area contributed by atoms with Gasteiger partial charge < -0.3 is 21.7 Å². The van der Waals surface area contributed by atoms with Gasteiger partial charge in [0.25, 0.3) is 5.91 Å². The molecule has 7 nitrogen and oxygen atoms in total. The number of benzene rings is 2. The van der Waals surface area contributed by atoms with Gasteiger partial charge in [0.15, 0.2) is 11.5 Å². The van der Waals surface area contributed by atoms with Crippen LogP contribution < -0.4 is 21.7 Å². The van der Waals surface area contributed by atoms with Crippen molar-refractivity contribution in [3.63, 3.8) is 0 Å². The molecule has 4 rings (SSSR count). The largest absolute Gasteiger partial charge is 0.382 e. The second kappa shape index (κ2) is 8.46. The van der Waals surface area contributed by atoms with Crippen LogP contribution in [-0.4, -0.2) is 35.0 Å². The molecule has 1 aromatic heterocycles. The van der Waals surface area contributed by atoms with Crippen LogP contribution in [0.1, 0.15) is 23.3 Å². The molecule has 1 aliphatic heterocycles. The maximum absolute atomic E-state index is 14.1. The number of para-hydroxylation sites is 2. The number of nitrogens with zero attached hydrogens (tertiary/aromatic N) is 3. The summed E-state index contributed by atoms with van der Waals surface area (Å²) in [7, 11) is 0. The maximum Gasteiger partial charge on any atom is 0.278 e. The molecule has 154 valence electrons. The van der Waals surface area contributed by atoms with E-state index in [0.717, 1.165) is 31.6 Å². The molecule has 1 fully saturated rings. The van der Waals surface area contributed by atoms with Crippen LogP contribution in [0.2, 0.25) is 0 Å². The fourth-order valence-electron chi connectivity index (χ4n) is 3.54. The highest BCUT2D eigenvalue weighted by Crippen LogP contribution is 2.29. The van der Waals surface area contributed by atoms with Crippen LogP contribution in [0.5, 0.6) is 0 Å². The van der Waals surface area contributed by atoms with Crippen molar-refractivity contribution in [2.75, 3.05) is 29.0 Å². The number of carbonyl (C=O) groups is 1. The van der Waals surface area contributed by atoms with Crippen LogP contribution in [0.3, 0.4) is 0 Å². The first-order chi connectivity index (χ1) is 14.5. The molecule has 2 aromatic carbocycles. The van der Waals surface area contributed by atoms with Crippen molar-refractivity contribution in [2.24, 2.45) is 5.73 Å². The van der Waals surface area contributed by atoms with Crippen molar-refractivity contribution in [2.45, 2.75) is 18.9 Å². The van der Waals surface area contributed by atoms with Crippen molar-refractivity contribution < 1.29 is 9.18 Å². The first-order valence-electron chi connectivity index (χ1n) is 9.81. The zero-order valence-corrected chi connectivity index (χ0v) is 16.4. The Morgan fingerprint density at radius 1 is 1.10 bits per heavy atom. The summed E-state index contributed by atoms with van der Waals surface area (Å²) in [6.45, 7) is 1.64. The normalized spacial score (nSPS) is 14.5. The molecule has 3 aromatic rings. The third kappa shape index (κ3) is 4.08. The van der Waals surface area contributed by atoms with Crippen LogP contribution in [-0.2, 0) is 0 Å². The Balaban J connectivity index is 1.61. The Morgan fingerprint density at radius 2 is 1.80 bits per heavy atom. The van der Waals surface area contributed by atoms with E-state index >= 15 is 0 Å². The van der Waals surface area contributed by atoms with E-state index in [9.17, 15) is 9.18 Å². The molecule has 0 spiro atoms. The number of nitrogen functional groups attached to an aromatic ring is 1. The third-order valence-corrected chi connectivity index (χ3v) is 5.20. The van der Waals surface area contributed by atoms with Crippen molar-refractivity contribution in [1.29, 1.82) is 0 Å². The number of aromatic nitrogens is 2. The zero-order chi connectivity index (χ0) is 21.1. The Bertz CT molecular complexity index is 1060. The highest BCUT2D eigenvalue weighted by Gasteiger charge is 2.21. The summed E-state index contributed by atoms with van der Waals surface area (Å²) in [5.74, 6) is -0.968. The van der Waals surface area contributed by atoms with E-state index in [1.165, 1.54) is 12.3 Å². The SMILES string of the molecule is Nc1ncc(-c2ccccc2F)nc1C(=O)Nc1ccccc1N1CCC(N)CC1. The lowest BCUT2D eigenvalue weighted by molar-refractivity contribution is 0.102. The molecule has 1 saturated heterocycles. The summed E-state index contributed by atoms with van der Waals surface area (Å²) in [6.07, 6.45) is 3.15. The number of piperidine rings is 1. The van der Waals surface area contributed by atoms with Gasteiger partial charge in [-0.15, -0.1) is 0 Å². The van der Waals surface area contributed by atoms with Crippen molar-refractivity contribution in [3.05, 3.63) is 66.2 Å². The minimum absolute atomic E-state index is 0.0194.